The number of hydrogen-bond donors (Lipinski definition) is 2. The summed E-state index contributed by atoms with van der Waals surface area (Å²) in [6, 6.07) is 0. The van der Waals surface area contributed by atoms with Crippen LogP contribution in [0.3, 0.4) is 0 Å². The minimum atomic E-state index is -1.03. The summed E-state index contributed by atoms with van der Waals surface area (Å²) in [5, 5.41) is 10.7. The molecular weight excluding hydrogens is 212 g/mol. The van der Waals surface area contributed by atoms with Crippen LogP contribution in [0.2, 0.25) is 0 Å². The van der Waals surface area contributed by atoms with Gasteiger partial charge in [0.2, 0.25) is 5.91 Å². The number of ether oxygens (including phenoxy) is 1. The third kappa shape index (κ3) is 4.59. The molecule has 1 rings (SSSR count). The fourth-order valence-electron chi connectivity index (χ4n) is 1.85. The molecule has 1 aliphatic rings. The van der Waals surface area contributed by atoms with Crippen molar-refractivity contribution in [2.24, 2.45) is 0 Å². The fraction of sp³-hybridized carbons (Fsp3) is 0.800. The summed E-state index contributed by atoms with van der Waals surface area (Å²) in [5.41, 5.74) is 0. The van der Waals surface area contributed by atoms with E-state index in [1.54, 1.807) is 0 Å². The predicted molar refractivity (Wildman–Crippen MR) is 57.1 cm³/mol. The highest BCUT2D eigenvalue weighted by Gasteiger charge is 2.23. The molecule has 0 spiro atoms. The molecule has 92 valence electrons. The van der Waals surface area contributed by atoms with E-state index in [-0.39, 0.29) is 31.2 Å². The Morgan fingerprint density at radius 3 is 2.44 bits per heavy atom. The third-order valence-electron chi connectivity index (χ3n) is 2.30. The lowest BCUT2D eigenvalue weighted by Gasteiger charge is -2.34. The lowest BCUT2D eigenvalue weighted by molar-refractivity contribution is -0.138. The second-order valence-corrected chi connectivity index (χ2v) is 4.12. The summed E-state index contributed by atoms with van der Waals surface area (Å²) >= 11 is 0. The molecule has 6 heteroatoms. The number of nitrogens with zero attached hydrogens (tertiary/aromatic N) is 1. The number of carbonyl (C=O) groups is 2. The van der Waals surface area contributed by atoms with Crippen LogP contribution in [0.4, 0.5) is 0 Å². The van der Waals surface area contributed by atoms with Gasteiger partial charge in [-0.15, -0.1) is 0 Å². The maximum Gasteiger partial charge on any atom is 0.322 e. The van der Waals surface area contributed by atoms with Crippen LogP contribution >= 0.6 is 0 Å². The summed E-state index contributed by atoms with van der Waals surface area (Å²) < 4.78 is 5.53. The van der Waals surface area contributed by atoms with Gasteiger partial charge in [-0.1, -0.05) is 0 Å². The van der Waals surface area contributed by atoms with Crippen molar-refractivity contribution in [2.75, 3.05) is 26.2 Å². The van der Waals surface area contributed by atoms with E-state index in [0.29, 0.717) is 13.1 Å². The molecule has 2 atom stereocenters. The summed E-state index contributed by atoms with van der Waals surface area (Å²) in [6.07, 6.45) is 0.215. The minimum Gasteiger partial charge on any atom is -0.480 e. The number of carboxylic acid groups (broad SMARTS) is 1. The molecule has 1 aliphatic heterocycles. The maximum atomic E-state index is 11.4. The molecule has 2 N–H and O–H groups in total. The second kappa shape index (κ2) is 5.81. The topological polar surface area (TPSA) is 78.9 Å². The highest BCUT2D eigenvalue weighted by atomic mass is 16.5. The Kier molecular flexibility index (Phi) is 4.70. The second-order valence-electron chi connectivity index (χ2n) is 4.12. The van der Waals surface area contributed by atoms with Gasteiger partial charge in [-0.3, -0.25) is 14.5 Å². The zero-order valence-electron chi connectivity index (χ0n) is 9.60. The van der Waals surface area contributed by atoms with Crippen LogP contribution in [0.1, 0.15) is 13.8 Å². The number of carbonyl (C=O) groups excluding carboxylic acids is 1. The van der Waals surface area contributed by atoms with Crippen molar-refractivity contribution in [3.63, 3.8) is 0 Å². The quantitative estimate of drug-likeness (QED) is 0.667. The molecule has 0 aromatic rings. The number of aliphatic carboxylic acids is 1. The first-order valence-electron chi connectivity index (χ1n) is 5.33. The molecule has 0 saturated carbocycles. The summed E-state index contributed by atoms with van der Waals surface area (Å²) in [7, 11) is 0. The Bertz CT molecular complexity index is 260. The van der Waals surface area contributed by atoms with Crippen LogP contribution in [-0.2, 0) is 14.3 Å². The van der Waals surface area contributed by atoms with Gasteiger partial charge in [0.1, 0.15) is 6.54 Å². The van der Waals surface area contributed by atoms with Crippen molar-refractivity contribution in [3.05, 3.63) is 0 Å². The zero-order chi connectivity index (χ0) is 12.1. The first-order chi connectivity index (χ1) is 7.47. The normalized spacial score (nSPS) is 26.4. The SMILES string of the molecule is CC1CN(CC(=O)NCC(=O)O)CC(C)O1. The van der Waals surface area contributed by atoms with E-state index in [1.165, 1.54) is 0 Å². The third-order valence-corrected chi connectivity index (χ3v) is 2.30. The summed E-state index contributed by atoms with van der Waals surface area (Å²) in [5.74, 6) is -1.29. The van der Waals surface area contributed by atoms with Crippen LogP contribution < -0.4 is 5.32 Å². The van der Waals surface area contributed by atoms with Crippen molar-refractivity contribution in [3.8, 4) is 0 Å². The molecule has 0 aromatic heterocycles. The van der Waals surface area contributed by atoms with E-state index in [0.717, 1.165) is 0 Å². The standard InChI is InChI=1S/C10H18N2O4/c1-7-4-12(5-8(2)16-7)6-9(13)11-3-10(14)15/h7-8H,3-6H2,1-2H3,(H,11,13)(H,14,15). The van der Waals surface area contributed by atoms with Gasteiger partial charge in [0, 0.05) is 13.1 Å². The first kappa shape index (κ1) is 12.9. The Hall–Kier alpha value is -1.14. The number of hydrogen-bond acceptors (Lipinski definition) is 4. The number of nitrogens with one attached hydrogen (secondary N) is 1. The average Bonchev–Trinajstić information content (AvgIpc) is 2.12. The first-order valence-corrected chi connectivity index (χ1v) is 5.33. The Morgan fingerprint density at radius 1 is 1.38 bits per heavy atom. The molecule has 0 aliphatic carbocycles. The van der Waals surface area contributed by atoms with Gasteiger partial charge in [0.05, 0.1) is 18.8 Å². The summed E-state index contributed by atoms with van der Waals surface area (Å²) in [4.78, 5) is 23.6. The van der Waals surface area contributed by atoms with Crippen LogP contribution in [0.5, 0.6) is 0 Å². The largest absolute Gasteiger partial charge is 0.480 e. The van der Waals surface area contributed by atoms with Crippen molar-refractivity contribution in [1.29, 1.82) is 0 Å². The Morgan fingerprint density at radius 2 is 1.94 bits per heavy atom. The van der Waals surface area contributed by atoms with Crippen molar-refractivity contribution >= 4 is 11.9 Å². The Balaban J connectivity index is 2.30. The molecule has 16 heavy (non-hydrogen) atoms. The number of amides is 1. The van der Waals surface area contributed by atoms with Crippen molar-refractivity contribution in [2.45, 2.75) is 26.1 Å². The average molecular weight is 230 g/mol. The van der Waals surface area contributed by atoms with Crippen LogP contribution in [-0.4, -0.2) is 60.3 Å². The van der Waals surface area contributed by atoms with Gasteiger partial charge in [0.15, 0.2) is 0 Å². The minimum absolute atomic E-state index is 0.107. The van der Waals surface area contributed by atoms with E-state index in [9.17, 15) is 9.59 Å². The van der Waals surface area contributed by atoms with E-state index in [1.807, 2.05) is 18.7 Å². The van der Waals surface area contributed by atoms with Crippen molar-refractivity contribution < 1.29 is 19.4 Å². The van der Waals surface area contributed by atoms with E-state index in [4.69, 9.17) is 9.84 Å². The van der Waals surface area contributed by atoms with Crippen LogP contribution in [0.15, 0.2) is 0 Å². The molecule has 6 nitrogen and oxygen atoms in total. The van der Waals surface area contributed by atoms with E-state index in [2.05, 4.69) is 5.32 Å². The predicted octanol–water partition coefficient (Wildman–Crippen LogP) is -0.704. The highest BCUT2D eigenvalue weighted by molar-refractivity contribution is 5.82. The number of morpholine rings is 1. The molecule has 0 radical (unpaired) electrons. The molecular formula is C10H18N2O4. The summed E-state index contributed by atoms with van der Waals surface area (Å²) in [6.45, 7) is 5.21. The molecule has 0 aromatic carbocycles. The van der Waals surface area contributed by atoms with Gasteiger partial charge >= 0.3 is 5.97 Å². The van der Waals surface area contributed by atoms with Gasteiger partial charge in [-0.2, -0.15) is 0 Å². The molecule has 1 heterocycles. The van der Waals surface area contributed by atoms with Gasteiger partial charge in [-0.25, -0.2) is 0 Å². The fourth-order valence-corrected chi connectivity index (χ4v) is 1.85. The van der Waals surface area contributed by atoms with Crippen LogP contribution in [0, 0.1) is 0 Å². The van der Waals surface area contributed by atoms with Gasteiger partial charge in [-0.05, 0) is 13.8 Å². The lowest BCUT2D eigenvalue weighted by Crippen LogP contribution is -2.49. The smallest absolute Gasteiger partial charge is 0.322 e. The van der Waals surface area contributed by atoms with Gasteiger partial charge in [0.25, 0.3) is 0 Å². The van der Waals surface area contributed by atoms with Gasteiger partial charge < -0.3 is 15.2 Å². The monoisotopic (exact) mass is 230 g/mol. The van der Waals surface area contributed by atoms with E-state index >= 15 is 0 Å². The lowest BCUT2D eigenvalue weighted by atomic mass is 10.2. The molecule has 1 fully saturated rings. The van der Waals surface area contributed by atoms with Crippen LogP contribution in [0.25, 0.3) is 0 Å². The molecule has 1 saturated heterocycles. The molecule has 2 unspecified atom stereocenters. The number of carboxylic acids is 1. The number of rotatable bonds is 4. The Labute approximate surface area is 94.6 Å². The molecule has 1 amide bonds. The zero-order valence-corrected chi connectivity index (χ0v) is 9.60. The van der Waals surface area contributed by atoms with E-state index < -0.39 is 5.97 Å². The van der Waals surface area contributed by atoms with Crippen molar-refractivity contribution in [1.82, 2.24) is 10.2 Å². The maximum absolute atomic E-state index is 11.4. The molecule has 0 bridgehead atoms. The highest BCUT2D eigenvalue weighted by Crippen LogP contribution is 2.09.